The molecule has 2 fully saturated rings. The van der Waals surface area contributed by atoms with Gasteiger partial charge in [-0.3, -0.25) is 4.79 Å². The van der Waals surface area contributed by atoms with Gasteiger partial charge < -0.3 is 10.2 Å². The minimum absolute atomic E-state index is 0.0993. The summed E-state index contributed by atoms with van der Waals surface area (Å²) in [7, 11) is -1.07. The Balaban J connectivity index is 1.72. The molecule has 6 heteroatoms. The molecule has 1 aliphatic carbocycles. The molecule has 1 amide bonds. The molecule has 3 rings (SSSR count). The summed E-state index contributed by atoms with van der Waals surface area (Å²) in [6, 6.07) is 7.05. The Morgan fingerprint density at radius 3 is 2.23 bits per heavy atom. The smallest absolute Gasteiger partial charge is 0.230 e. The van der Waals surface area contributed by atoms with Crippen LogP contribution in [0.5, 0.6) is 0 Å². The first-order chi connectivity index (χ1) is 12.2. The van der Waals surface area contributed by atoms with Crippen LogP contribution < -0.4 is 5.32 Å². The Kier molecular flexibility index (Phi) is 5.45. The maximum absolute atomic E-state index is 13.1. The molecule has 144 valence electrons. The van der Waals surface area contributed by atoms with Gasteiger partial charge in [-0.2, -0.15) is 0 Å². The van der Waals surface area contributed by atoms with Crippen molar-refractivity contribution in [2.45, 2.75) is 55.4 Å². The summed E-state index contributed by atoms with van der Waals surface area (Å²) in [4.78, 5) is 15.7. The summed E-state index contributed by atoms with van der Waals surface area (Å²) in [6.07, 6.45) is 6.14. The summed E-state index contributed by atoms with van der Waals surface area (Å²) < 4.78 is 23.3. The van der Waals surface area contributed by atoms with E-state index in [4.69, 9.17) is 0 Å². The highest BCUT2D eigenvalue weighted by Crippen LogP contribution is 2.44. The number of piperidine rings is 1. The third kappa shape index (κ3) is 3.81. The molecule has 0 bridgehead atoms. The fourth-order valence-corrected chi connectivity index (χ4v) is 4.82. The van der Waals surface area contributed by atoms with E-state index in [1.54, 1.807) is 12.1 Å². The van der Waals surface area contributed by atoms with Crippen LogP contribution in [0.1, 0.15) is 44.6 Å². The molecule has 0 spiro atoms. The number of sulfone groups is 1. The molecular weight excluding hydrogens is 348 g/mol. The molecule has 1 heterocycles. The zero-order valence-electron chi connectivity index (χ0n) is 16.0. The second kappa shape index (κ2) is 7.31. The van der Waals surface area contributed by atoms with Gasteiger partial charge in [0.25, 0.3) is 0 Å². The summed E-state index contributed by atoms with van der Waals surface area (Å²) >= 11 is 0. The van der Waals surface area contributed by atoms with E-state index >= 15 is 0 Å². The third-order valence-electron chi connectivity index (χ3n) is 6.31. The van der Waals surface area contributed by atoms with E-state index in [1.165, 1.54) is 6.26 Å². The van der Waals surface area contributed by atoms with Crippen LogP contribution in [0.2, 0.25) is 0 Å². The van der Waals surface area contributed by atoms with Crippen LogP contribution in [-0.4, -0.2) is 51.7 Å². The Hall–Kier alpha value is -1.40. The summed E-state index contributed by atoms with van der Waals surface area (Å²) in [5.41, 5.74) is 0.444. The van der Waals surface area contributed by atoms with Gasteiger partial charge in [-0.05, 0) is 76.4 Å². The quantitative estimate of drug-likeness (QED) is 0.854. The van der Waals surface area contributed by atoms with Crippen LogP contribution in [0.15, 0.2) is 29.2 Å². The molecule has 1 saturated carbocycles. The number of likely N-dealkylation sites (tertiary alicyclic amines) is 1. The molecule has 0 radical (unpaired) electrons. The molecule has 1 aromatic carbocycles. The van der Waals surface area contributed by atoms with Gasteiger partial charge in [0.2, 0.25) is 5.91 Å². The van der Waals surface area contributed by atoms with Gasteiger partial charge in [0, 0.05) is 12.3 Å². The predicted molar refractivity (Wildman–Crippen MR) is 103 cm³/mol. The fraction of sp³-hybridized carbons (Fsp3) is 0.650. The SMILES string of the molecule is C[C@@H](NC(=O)C1(c2ccc(S(C)(=O)=O)cc2)CCC1)C1CCN(C)CC1. The predicted octanol–water partition coefficient (Wildman–Crippen LogP) is 2.36. The summed E-state index contributed by atoms with van der Waals surface area (Å²) in [5.74, 6) is 0.627. The van der Waals surface area contributed by atoms with Gasteiger partial charge in [0.15, 0.2) is 9.84 Å². The van der Waals surface area contributed by atoms with Crippen LogP contribution >= 0.6 is 0 Å². The van der Waals surface area contributed by atoms with Crippen molar-refractivity contribution in [1.29, 1.82) is 0 Å². The first-order valence-corrected chi connectivity index (χ1v) is 11.4. The molecule has 1 aliphatic heterocycles. The zero-order valence-corrected chi connectivity index (χ0v) is 16.8. The number of nitrogens with zero attached hydrogens (tertiary/aromatic N) is 1. The molecule has 1 saturated heterocycles. The molecule has 1 atom stereocenters. The Bertz CT molecular complexity index is 746. The average Bonchev–Trinajstić information content (AvgIpc) is 2.54. The van der Waals surface area contributed by atoms with E-state index in [-0.39, 0.29) is 11.9 Å². The van der Waals surface area contributed by atoms with Crippen molar-refractivity contribution in [1.82, 2.24) is 10.2 Å². The number of rotatable bonds is 5. The largest absolute Gasteiger partial charge is 0.353 e. The first-order valence-electron chi connectivity index (χ1n) is 9.52. The number of hydrogen-bond acceptors (Lipinski definition) is 4. The third-order valence-corrected chi connectivity index (χ3v) is 7.43. The van der Waals surface area contributed by atoms with Gasteiger partial charge in [-0.1, -0.05) is 18.6 Å². The van der Waals surface area contributed by atoms with Gasteiger partial charge in [0.1, 0.15) is 0 Å². The molecule has 0 aromatic heterocycles. The van der Waals surface area contributed by atoms with E-state index in [9.17, 15) is 13.2 Å². The Morgan fingerprint density at radius 1 is 1.19 bits per heavy atom. The monoisotopic (exact) mass is 378 g/mol. The van der Waals surface area contributed by atoms with Crippen LogP contribution in [0, 0.1) is 5.92 Å². The lowest BCUT2D eigenvalue weighted by atomic mass is 9.63. The van der Waals surface area contributed by atoms with Gasteiger partial charge in [-0.25, -0.2) is 8.42 Å². The van der Waals surface area contributed by atoms with Crippen molar-refractivity contribution in [2.24, 2.45) is 5.92 Å². The van der Waals surface area contributed by atoms with Crippen molar-refractivity contribution in [3.63, 3.8) is 0 Å². The van der Waals surface area contributed by atoms with E-state index < -0.39 is 15.3 Å². The standard InChI is InChI=1S/C20H30N2O3S/c1-15(16-9-13-22(2)14-10-16)21-19(23)20(11-4-12-20)17-5-7-18(8-6-17)26(3,24)25/h5-8,15-16H,4,9-14H2,1-3H3,(H,21,23)/t15-/m1/s1. The number of hydrogen-bond donors (Lipinski definition) is 1. The van der Waals surface area contributed by atoms with Crippen LogP contribution in [0.25, 0.3) is 0 Å². The van der Waals surface area contributed by atoms with Crippen molar-refractivity contribution in [3.05, 3.63) is 29.8 Å². The molecule has 1 N–H and O–H groups in total. The number of carbonyl (C=O) groups is 1. The minimum Gasteiger partial charge on any atom is -0.353 e. The van der Waals surface area contributed by atoms with Crippen molar-refractivity contribution in [3.8, 4) is 0 Å². The van der Waals surface area contributed by atoms with E-state index in [2.05, 4.69) is 24.2 Å². The number of carbonyl (C=O) groups excluding carboxylic acids is 1. The highest BCUT2D eigenvalue weighted by molar-refractivity contribution is 7.90. The lowest BCUT2D eigenvalue weighted by Crippen LogP contribution is -2.53. The van der Waals surface area contributed by atoms with Crippen molar-refractivity contribution >= 4 is 15.7 Å². The van der Waals surface area contributed by atoms with E-state index in [0.29, 0.717) is 10.8 Å². The summed E-state index contributed by atoms with van der Waals surface area (Å²) in [6.45, 7) is 4.29. The molecule has 0 unspecified atom stereocenters. The fourth-order valence-electron chi connectivity index (χ4n) is 4.19. The van der Waals surface area contributed by atoms with Crippen molar-refractivity contribution in [2.75, 3.05) is 26.4 Å². The zero-order chi connectivity index (χ0) is 18.9. The highest BCUT2D eigenvalue weighted by atomic mass is 32.2. The highest BCUT2D eigenvalue weighted by Gasteiger charge is 2.46. The van der Waals surface area contributed by atoms with Crippen LogP contribution in [0.4, 0.5) is 0 Å². The van der Waals surface area contributed by atoms with Gasteiger partial charge in [0.05, 0.1) is 10.3 Å². The minimum atomic E-state index is -3.22. The Morgan fingerprint density at radius 2 is 1.77 bits per heavy atom. The molecular formula is C20H30N2O3S. The van der Waals surface area contributed by atoms with Gasteiger partial charge >= 0.3 is 0 Å². The van der Waals surface area contributed by atoms with E-state index in [1.807, 2.05) is 12.1 Å². The Labute approximate surface area is 157 Å². The first kappa shape index (κ1) is 19.4. The van der Waals surface area contributed by atoms with E-state index in [0.717, 1.165) is 50.8 Å². The number of nitrogens with one attached hydrogen (secondary N) is 1. The molecule has 2 aliphatic rings. The summed E-state index contributed by atoms with van der Waals surface area (Å²) in [5, 5.41) is 3.27. The molecule has 26 heavy (non-hydrogen) atoms. The lowest BCUT2D eigenvalue weighted by Gasteiger charge is -2.42. The topological polar surface area (TPSA) is 66.5 Å². The second-order valence-electron chi connectivity index (χ2n) is 8.14. The van der Waals surface area contributed by atoms with Crippen LogP contribution in [-0.2, 0) is 20.0 Å². The van der Waals surface area contributed by atoms with Gasteiger partial charge in [-0.15, -0.1) is 0 Å². The maximum atomic E-state index is 13.1. The lowest BCUT2D eigenvalue weighted by molar-refractivity contribution is -0.131. The average molecular weight is 379 g/mol. The number of benzene rings is 1. The second-order valence-corrected chi connectivity index (χ2v) is 10.2. The molecule has 1 aromatic rings. The van der Waals surface area contributed by atoms with Crippen LogP contribution in [0.3, 0.4) is 0 Å². The molecule has 5 nitrogen and oxygen atoms in total. The normalized spacial score (nSPS) is 22.4. The maximum Gasteiger partial charge on any atom is 0.230 e. The number of amides is 1. The van der Waals surface area contributed by atoms with Crippen molar-refractivity contribution < 1.29 is 13.2 Å².